The molecule has 0 N–H and O–H groups in total. The van der Waals surface area contributed by atoms with Crippen molar-refractivity contribution in [3.05, 3.63) is 120 Å². The maximum absolute atomic E-state index is 14.1. The summed E-state index contributed by atoms with van der Waals surface area (Å²) in [6.45, 7) is 0. The zero-order chi connectivity index (χ0) is 37.3. The zero-order valence-corrected chi connectivity index (χ0v) is 31.3. The summed E-state index contributed by atoms with van der Waals surface area (Å²) in [6.07, 6.45) is 0. The monoisotopic (exact) mass is 728 g/mol. The third kappa shape index (κ3) is 6.21. The van der Waals surface area contributed by atoms with Crippen LogP contribution in [0.4, 0.5) is 0 Å². The molecule has 6 aromatic rings. The second-order valence-electron chi connectivity index (χ2n) is 12.6. The molecule has 0 amide bonds. The van der Waals surface area contributed by atoms with E-state index in [2.05, 4.69) is 0 Å². The first-order chi connectivity index (χ1) is 25.8. The van der Waals surface area contributed by atoms with E-state index in [1.807, 2.05) is 97.1 Å². The lowest BCUT2D eigenvalue weighted by Crippen LogP contribution is -2.10. The summed E-state index contributed by atoms with van der Waals surface area (Å²) in [7, 11) is 5.89. The molecule has 0 aliphatic carbocycles. The molecule has 0 aromatic heterocycles. The number of ether oxygens (including phenoxy) is 6. The topological polar surface area (TPSA) is 89.5 Å². The van der Waals surface area contributed by atoms with Crippen LogP contribution in [0.15, 0.2) is 109 Å². The Balaban J connectivity index is 1.60. The molecule has 0 radical (unpaired) electrons. The van der Waals surface area contributed by atoms with Crippen LogP contribution >= 0.6 is 0 Å². The quantitative estimate of drug-likeness (QED) is 0.168. The summed E-state index contributed by atoms with van der Waals surface area (Å²) in [5.74, 6) is 2.78. The van der Waals surface area contributed by atoms with E-state index in [0.717, 1.165) is 44.5 Å². The van der Waals surface area contributed by atoms with E-state index in [-0.39, 0.29) is 11.5 Å². The normalized spacial score (nSPS) is 12.9. The molecule has 0 spiro atoms. The Kier molecular flexibility index (Phi) is 9.77. The molecule has 1 aliphatic rings. The van der Waals surface area contributed by atoms with Crippen molar-refractivity contribution >= 4 is 9.84 Å². The predicted octanol–water partition coefficient (Wildman–Crippen LogP) is 9.50. The first-order valence-electron chi connectivity index (χ1n) is 17.0. The molecule has 0 atom stereocenters. The van der Waals surface area contributed by atoms with Gasteiger partial charge in [0.15, 0.2) is 9.84 Å². The Labute approximate surface area is 310 Å². The molecular formula is C44H40O8S. The minimum Gasteiger partial charge on any atom is -0.496 e. The molecule has 0 unspecified atom stereocenters. The van der Waals surface area contributed by atoms with Crippen molar-refractivity contribution in [1.29, 1.82) is 0 Å². The van der Waals surface area contributed by atoms with Gasteiger partial charge >= 0.3 is 0 Å². The molecular weight excluding hydrogens is 689 g/mol. The van der Waals surface area contributed by atoms with Crippen LogP contribution < -0.4 is 28.4 Å². The molecule has 12 bridgehead atoms. The van der Waals surface area contributed by atoms with Crippen LogP contribution in [0.2, 0.25) is 0 Å². The molecule has 0 saturated heterocycles. The standard InChI is InChI=1S/C44H40O8S/c1-47-39-27-13-7-15-29(39)31-17-9-19-33(41(31)49-3)35-21-11-23-37(43(35)51-5)38-24-12-22-36(44(38)52-6)34-20-10-18-32(42(34)50-4)30-16-8-14-28(40(30)48-2)26-53(45,46)25-27/h7-24H,25-26H2,1-6H3. The van der Waals surface area contributed by atoms with Crippen molar-refractivity contribution in [2.45, 2.75) is 11.5 Å². The van der Waals surface area contributed by atoms with E-state index in [1.54, 1.807) is 54.8 Å². The minimum absolute atomic E-state index is 0.260. The van der Waals surface area contributed by atoms with Gasteiger partial charge in [-0.25, -0.2) is 8.42 Å². The van der Waals surface area contributed by atoms with Gasteiger partial charge < -0.3 is 28.4 Å². The average molecular weight is 729 g/mol. The van der Waals surface area contributed by atoms with Gasteiger partial charge in [0.1, 0.15) is 34.5 Å². The van der Waals surface area contributed by atoms with Crippen LogP contribution in [0, 0.1) is 0 Å². The largest absolute Gasteiger partial charge is 0.496 e. The Morgan fingerprint density at radius 2 is 0.509 bits per heavy atom. The van der Waals surface area contributed by atoms with Crippen molar-refractivity contribution < 1.29 is 36.8 Å². The van der Waals surface area contributed by atoms with E-state index in [1.165, 1.54) is 0 Å². The van der Waals surface area contributed by atoms with Crippen LogP contribution in [0.3, 0.4) is 0 Å². The molecule has 7 rings (SSSR count). The molecule has 0 saturated carbocycles. The van der Waals surface area contributed by atoms with Crippen molar-refractivity contribution in [2.75, 3.05) is 42.7 Å². The number of hydrogen-bond acceptors (Lipinski definition) is 8. The number of methoxy groups -OCH3 is 6. The molecule has 1 heterocycles. The maximum Gasteiger partial charge on any atom is 0.158 e. The average Bonchev–Trinajstić information content (AvgIpc) is 3.18. The molecule has 53 heavy (non-hydrogen) atoms. The van der Waals surface area contributed by atoms with Gasteiger partial charge in [-0.1, -0.05) is 109 Å². The summed E-state index contributed by atoms with van der Waals surface area (Å²) >= 11 is 0. The third-order valence-electron chi connectivity index (χ3n) is 9.68. The maximum atomic E-state index is 14.1. The van der Waals surface area contributed by atoms with Gasteiger partial charge in [0.2, 0.25) is 0 Å². The Bertz CT molecular complexity index is 2290. The highest BCUT2D eigenvalue weighted by Crippen LogP contribution is 2.52. The van der Waals surface area contributed by atoms with Crippen LogP contribution in [0.1, 0.15) is 11.1 Å². The van der Waals surface area contributed by atoms with E-state index >= 15 is 0 Å². The first kappa shape index (κ1) is 35.5. The lowest BCUT2D eigenvalue weighted by atomic mass is 9.90. The Morgan fingerprint density at radius 3 is 0.717 bits per heavy atom. The van der Waals surface area contributed by atoms with Crippen molar-refractivity contribution in [3.63, 3.8) is 0 Å². The third-order valence-corrected chi connectivity index (χ3v) is 11.2. The smallest absolute Gasteiger partial charge is 0.158 e. The van der Waals surface area contributed by atoms with Gasteiger partial charge in [0.25, 0.3) is 0 Å². The molecule has 8 nitrogen and oxygen atoms in total. The number of rotatable bonds is 6. The lowest BCUT2D eigenvalue weighted by Gasteiger charge is -2.22. The predicted molar refractivity (Wildman–Crippen MR) is 209 cm³/mol. The number of fused-ring (bicyclic) bond motifs is 17. The second kappa shape index (κ2) is 14.6. The summed E-state index contributed by atoms with van der Waals surface area (Å²) in [4.78, 5) is 0. The molecule has 6 aromatic carbocycles. The Morgan fingerprint density at radius 1 is 0.321 bits per heavy atom. The molecule has 9 heteroatoms. The number of para-hydroxylation sites is 6. The highest BCUT2D eigenvalue weighted by atomic mass is 32.2. The number of sulfone groups is 1. The van der Waals surface area contributed by atoms with Crippen LogP contribution in [0.25, 0.3) is 55.6 Å². The Hall–Kier alpha value is -5.93. The van der Waals surface area contributed by atoms with Crippen LogP contribution in [0.5, 0.6) is 34.5 Å². The van der Waals surface area contributed by atoms with Gasteiger partial charge in [-0.15, -0.1) is 0 Å². The van der Waals surface area contributed by atoms with Gasteiger partial charge in [0, 0.05) is 66.8 Å². The van der Waals surface area contributed by atoms with Gasteiger partial charge in [-0.3, -0.25) is 0 Å². The van der Waals surface area contributed by atoms with Crippen molar-refractivity contribution in [1.82, 2.24) is 0 Å². The summed E-state index contributed by atoms with van der Waals surface area (Å²) in [6, 6.07) is 34.7. The summed E-state index contributed by atoms with van der Waals surface area (Å²) in [5.41, 5.74) is 8.71. The van der Waals surface area contributed by atoms with Crippen molar-refractivity contribution in [2.24, 2.45) is 0 Å². The lowest BCUT2D eigenvalue weighted by molar-refractivity contribution is 0.406. The molecule has 270 valence electrons. The SMILES string of the molecule is COc1c2cccc1-c1cccc(c1OC)-c1cccc(c1OC)-c1cccc(c1OC)-c1cccc(c1OC)-c1cccc(c1OC)CS(=O)(=O)C2. The fourth-order valence-corrected chi connectivity index (χ4v) is 9.06. The zero-order valence-electron chi connectivity index (χ0n) is 30.5. The van der Waals surface area contributed by atoms with Crippen LogP contribution in [-0.4, -0.2) is 51.1 Å². The van der Waals surface area contributed by atoms with E-state index < -0.39 is 9.84 Å². The van der Waals surface area contributed by atoms with E-state index in [0.29, 0.717) is 56.8 Å². The molecule has 1 aliphatic heterocycles. The minimum atomic E-state index is -3.75. The fourth-order valence-electron chi connectivity index (χ4n) is 7.55. The first-order valence-corrected chi connectivity index (χ1v) is 18.8. The number of hydrogen-bond donors (Lipinski definition) is 0. The number of benzene rings is 6. The summed E-state index contributed by atoms with van der Waals surface area (Å²) < 4.78 is 64.8. The van der Waals surface area contributed by atoms with Gasteiger partial charge in [-0.2, -0.15) is 0 Å². The van der Waals surface area contributed by atoms with E-state index in [9.17, 15) is 8.42 Å². The van der Waals surface area contributed by atoms with E-state index in [4.69, 9.17) is 28.4 Å². The van der Waals surface area contributed by atoms with Crippen molar-refractivity contribution in [3.8, 4) is 90.1 Å². The van der Waals surface area contributed by atoms with Crippen LogP contribution in [-0.2, 0) is 21.3 Å². The van der Waals surface area contributed by atoms with Gasteiger partial charge in [-0.05, 0) is 0 Å². The highest BCUT2D eigenvalue weighted by Gasteiger charge is 2.27. The van der Waals surface area contributed by atoms with Gasteiger partial charge in [0.05, 0.1) is 54.2 Å². The molecule has 0 fully saturated rings. The highest BCUT2D eigenvalue weighted by molar-refractivity contribution is 7.89. The fraction of sp³-hybridized carbons (Fsp3) is 0.182. The second-order valence-corrected chi connectivity index (χ2v) is 14.6. The summed E-state index contributed by atoms with van der Waals surface area (Å²) in [5, 5.41) is 0.